The number of halogens is 4. The van der Waals surface area contributed by atoms with E-state index < -0.39 is 31.7 Å². The maximum Gasteiger partial charge on any atom is 0.402 e. The van der Waals surface area contributed by atoms with Crippen molar-refractivity contribution >= 4 is 7.60 Å². The molecule has 4 atom stereocenters. The third kappa shape index (κ3) is 3.93. The minimum Gasteiger partial charge on any atom is -0.324 e. The molecule has 4 unspecified atom stereocenters. The summed E-state index contributed by atoms with van der Waals surface area (Å²) in [4.78, 5) is 9.24. The van der Waals surface area contributed by atoms with E-state index in [4.69, 9.17) is 0 Å². The lowest BCUT2D eigenvalue weighted by Crippen LogP contribution is -2.32. The van der Waals surface area contributed by atoms with Gasteiger partial charge in [0.2, 0.25) is 0 Å². The van der Waals surface area contributed by atoms with Gasteiger partial charge in [-0.1, -0.05) is 12.8 Å². The van der Waals surface area contributed by atoms with Gasteiger partial charge in [-0.15, -0.1) is 0 Å². The van der Waals surface area contributed by atoms with Gasteiger partial charge in [-0.25, -0.2) is 4.39 Å². The molecule has 17 heavy (non-hydrogen) atoms. The van der Waals surface area contributed by atoms with E-state index in [0.717, 1.165) is 0 Å². The molecule has 1 aliphatic carbocycles. The summed E-state index contributed by atoms with van der Waals surface area (Å²) in [5.41, 5.74) is -2.50. The molecule has 0 amide bonds. The predicted octanol–water partition coefficient (Wildman–Crippen LogP) is 3.42. The Morgan fingerprint density at radius 1 is 1.35 bits per heavy atom. The Bertz CT molecular complexity index is 307. The van der Waals surface area contributed by atoms with E-state index in [9.17, 15) is 27.0 Å². The molecule has 8 heteroatoms. The standard InChI is InChI=1S/C9H15F4O3P/c1-6(9(11,12)13)17(14,15)16-8-5-3-2-4-7(8)10/h6-8H,2-5H2,1H3,(H,14,15). The van der Waals surface area contributed by atoms with E-state index in [1.807, 2.05) is 0 Å². The Morgan fingerprint density at radius 2 is 1.88 bits per heavy atom. The predicted molar refractivity (Wildman–Crippen MR) is 53.6 cm³/mol. The summed E-state index contributed by atoms with van der Waals surface area (Å²) < 4.78 is 66.1. The first-order valence-electron chi connectivity index (χ1n) is 5.36. The Hall–Kier alpha value is -0.130. The van der Waals surface area contributed by atoms with Crippen LogP contribution in [-0.2, 0) is 9.09 Å². The summed E-state index contributed by atoms with van der Waals surface area (Å²) in [6.45, 7) is 0.566. The lowest BCUT2D eigenvalue weighted by Gasteiger charge is -2.30. The van der Waals surface area contributed by atoms with Gasteiger partial charge in [-0.2, -0.15) is 13.2 Å². The van der Waals surface area contributed by atoms with E-state index in [1.54, 1.807) is 0 Å². The summed E-state index contributed by atoms with van der Waals surface area (Å²) >= 11 is 0. The van der Waals surface area contributed by atoms with Crippen molar-refractivity contribution < 1.29 is 31.5 Å². The molecular formula is C9H15F4O3P. The SMILES string of the molecule is CC(C(F)(F)F)P(=O)(O)OC1CCCCC1F. The quantitative estimate of drug-likeness (QED) is 0.635. The second-order valence-corrected chi connectivity index (χ2v) is 6.34. The lowest BCUT2D eigenvalue weighted by atomic mass is 9.96. The van der Waals surface area contributed by atoms with Crippen LogP contribution < -0.4 is 0 Å². The van der Waals surface area contributed by atoms with Crippen LogP contribution in [0.1, 0.15) is 32.6 Å². The molecule has 102 valence electrons. The smallest absolute Gasteiger partial charge is 0.324 e. The molecule has 0 aromatic rings. The highest BCUT2D eigenvalue weighted by Gasteiger charge is 2.50. The normalized spacial score (nSPS) is 31.9. The van der Waals surface area contributed by atoms with Crippen LogP contribution in [0.4, 0.5) is 17.6 Å². The van der Waals surface area contributed by atoms with Crippen LogP contribution in [0, 0.1) is 0 Å². The zero-order valence-corrected chi connectivity index (χ0v) is 10.2. The Balaban J connectivity index is 2.68. The first-order valence-corrected chi connectivity index (χ1v) is 7.01. The highest BCUT2D eigenvalue weighted by atomic mass is 31.2. The largest absolute Gasteiger partial charge is 0.402 e. The van der Waals surface area contributed by atoms with E-state index in [1.165, 1.54) is 0 Å². The highest BCUT2D eigenvalue weighted by molar-refractivity contribution is 7.53. The molecule has 1 saturated carbocycles. The molecule has 0 aromatic heterocycles. The Kier molecular flexibility index (Phi) is 4.60. The molecule has 1 fully saturated rings. The molecule has 1 aliphatic rings. The second-order valence-electron chi connectivity index (χ2n) is 4.23. The van der Waals surface area contributed by atoms with E-state index >= 15 is 0 Å². The van der Waals surface area contributed by atoms with Gasteiger partial charge in [0, 0.05) is 0 Å². The zero-order valence-electron chi connectivity index (χ0n) is 9.28. The van der Waals surface area contributed by atoms with Crippen LogP contribution in [0.25, 0.3) is 0 Å². The molecule has 0 radical (unpaired) electrons. The van der Waals surface area contributed by atoms with Crippen molar-refractivity contribution in [2.45, 2.75) is 56.7 Å². The van der Waals surface area contributed by atoms with Crippen LogP contribution in [0.2, 0.25) is 0 Å². The van der Waals surface area contributed by atoms with Gasteiger partial charge in [-0.3, -0.25) is 4.57 Å². The fraction of sp³-hybridized carbons (Fsp3) is 1.00. The van der Waals surface area contributed by atoms with E-state index in [2.05, 4.69) is 4.52 Å². The summed E-state index contributed by atoms with van der Waals surface area (Å²) in [6, 6.07) is 0. The van der Waals surface area contributed by atoms with Crippen molar-refractivity contribution in [3.05, 3.63) is 0 Å². The van der Waals surface area contributed by atoms with Crippen LogP contribution in [0.15, 0.2) is 0 Å². The van der Waals surface area contributed by atoms with Gasteiger partial charge in [-0.05, 0) is 19.8 Å². The van der Waals surface area contributed by atoms with Crippen molar-refractivity contribution in [3.8, 4) is 0 Å². The van der Waals surface area contributed by atoms with Crippen molar-refractivity contribution in [2.24, 2.45) is 0 Å². The van der Waals surface area contributed by atoms with Gasteiger partial charge >= 0.3 is 13.8 Å². The van der Waals surface area contributed by atoms with Crippen molar-refractivity contribution in [2.75, 3.05) is 0 Å². The van der Waals surface area contributed by atoms with Gasteiger partial charge in [0.15, 0.2) is 5.66 Å². The average Bonchev–Trinajstić information content (AvgIpc) is 2.19. The number of hydrogen-bond acceptors (Lipinski definition) is 2. The molecule has 0 bridgehead atoms. The molecule has 1 rings (SSSR count). The Morgan fingerprint density at radius 3 is 2.35 bits per heavy atom. The molecule has 3 nitrogen and oxygen atoms in total. The van der Waals surface area contributed by atoms with Crippen LogP contribution in [-0.4, -0.2) is 29.0 Å². The number of alkyl halides is 4. The fourth-order valence-corrected chi connectivity index (χ4v) is 2.82. The summed E-state index contributed by atoms with van der Waals surface area (Å²) in [7, 11) is -4.88. The first-order chi connectivity index (χ1) is 7.64. The maximum atomic E-state index is 13.3. The first kappa shape index (κ1) is 14.9. The third-order valence-electron chi connectivity index (χ3n) is 2.87. The fourth-order valence-electron chi connectivity index (χ4n) is 1.64. The number of rotatable bonds is 3. The lowest BCUT2D eigenvalue weighted by molar-refractivity contribution is -0.132. The van der Waals surface area contributed by atoms with Crippen LogP contribution in [0.5, 0.6) is 0 Å². The molecule has 0 aromatic carbocycles. The highest BCUT2D eigenvalue weighted by Crippen LogP contribution is 2.55. The van der Waals surface area contributed by atoms with Gasteiger partial charge in [0.1, 0.15) is 6.17 Å². The average molecular weight is 278 g/mol. The Labute approximate surface area is 96.7 Å². The summed E-state index contributed by atoms with van der Waals surface area (Å²) in [6.07, 6.45) is -5.96. The second kappa shape index (κ2) is 5.24. The van der Waals surface area contributed by atoms with Gasteiger partial charge in [0.05, 0.1) is 6.10 Å². The summed E-state index contributed by atoms with van der Waals surface area (Å²) in [5.74, 6) is 0. The monoisotopic (exact) mass is 278 g/mol. The van der Waals surface area contributed by atoms with Crippen LogP contribution in [0.3, 0.4) is 0 Å². The topological polar surface area (TPSA) is 46.5 Å². The van der Waals surface area contributed by atoms with Crippen molar-refractivity contribution in [3.63, 3.8) is 0 Å². The molecule has 0 aliphatic heterocycles. The molecule has 0 heterocycles. The third-order valence-corrected chi connectivity index (χ3v) is 4.72. The molecule has 0 saturated heterocycles. The molecule has 1 N–H and O–H groups in total. The maximum absolute atomic E-state index is 13.3. The molecule has 0 spiro atoms. The summed E-state index contributed by atoms with van der Waals surface area (Å²) in [5, 5.41) is 0. The minimum absolute atomic E-state index is 0.158. The van der Waals surface area contributed by atoms with Crippen molar-refractivity contribution in [1.29, 1.82) is 0 Å². The van der Waals surface area contributed by atoms with Crippen LogP contribution >= 0.6 is 7.60 Å². The van der Waals surface area contributed by atoms with E-state index in [0.29, 0.717) is 19.8 Å². The minimum atomic E-state index is -4.88. The van der Waals surface area contributed by atoms with E-state index in [-0.39, 0.29) is 12.8 Å². The van der Waals surface area contributed by atoms with Gasteiger partial charge in [0.25, 0.3) is 0 Å². The van der Waals surface area contributed by atoms with Gasteiger partial charge < -0.3 is 9.42 Å². The zero-order chi connectivity index (χ0) is 13.3. The molecular weight excluding hydrogens is 263 g/mol. The van der Waals surface area contributed by atoms with Crippen molar-refractivity contribution in [1.82, 2.24) is 0 Å². The number of hydrogen-bond donors (Lipinski definition) is 1.